The number of carbonyl (C=O) groups is 2. The summed E-state index contributed by atoms with van der Waals surface area (Å²) in [6.07, 6.45) is 1.96. The van der Waals surface area contributed by atoms with Crippen molar-refractivity contribution in [3.05, 3.63) is 23.8 Å². The third-order valence-corrected chi connectivity index (χ3v) is 3.22. The van der Waals surface area contributed by atoms with E-state index >= 15 is 0 Å². The molecular formula is C14H17NO5. The van der Waals surface area contributed by atoms with Crippen molar-refractivity contribution in [3.63, 3.8) is 0 Å². The van der Waals surface area contributed by atoms with Crippen LogP contribution in [0.3, 0.4) is 0 Å². The van der Waals surface area contributed by atoms with Gasteiger partial charge in [-0.15, -0.1) is 0 Å². The van der Waals surface area contributed by atoms with Crippen molar-refractivity contribution >= 4 is 11.9 Å². The molecule has 0 spiro atoms. The summed E-state index contributed by atoms with van der Waals surface area (Å²) in [7, 11) is 1.39. The molecule has 0 bridgehead atoms. The van der Waals surface area contributed by atoms with Gasteiger partial charge in [0.2, 0.25) is 0 Å². The summed E-state index contributed by atoms with van der Waals surface area (Å²) >= 11 is 0. The van der Waals surface area contributed by atoms with Crippen molar-refractivity contribution in [1.29, 1.82) is 0 Å². The highest BCUT2D eigenvalue weighted by atomic mass is 16.5. The second kappa shape index (κ2) is 6.27. The van der Waals surface area contributed by atoms with Crippen LogP contribution >= 0.6 is 0 Å². The third kappa shape index (κ3) is 3.01. The number of benzene rings is 1. The first kappa shape index (κ1) is 14.2. The fraction of sp³-hybridized carbons (Fsp3) is 0.429. The van der Waals surface area contributed by atoms with Gasteiger partial charge in [-0.05, 0) is 25.0 Å². The molecule has 0 atom stereocenters. The molecule has 1 N–H and O–H groups in total. The van der Waals surface area contributed by atoms with Crippen LogP contribution in [0.5, 0.6) is 11.5 Å². The Hall–Kier alpha value is -2.24. The summed E-state index contributed by atoms with van der Waals surface area (Å²) in [4.78, 5) is 25.3. The third-order valence-electron chi connectivity index (χ3n) is 3.22. The number of ether oxygens (including phenoxy) is 2. The normalized spacial score (nSPS) is 14.2. The molecule has 0 unspecified atom stereocenters. The first-order valence-electron chi connectivity index (χ1n) is 6.44. The number of esters is 1. The van der Waals surface area contributed by atoms with Gasteiger partial charge in [-0.1, -0.05) is 6.07 Å². The van der Waals surface area contributed by atoms with Crippen LogP contribution < -0.4 is 4.74 Å². The van der Waals surface area contributed by atoms with Gasteiger partial charge in [0.15, 0.2) is 18.1 Å². The fourth-order valence-corrected chi connectivity index (χ4v) is 2.11. The second-order valence-electron chi connectivity index (χ2n) is 4.52. The van der Waals surface area contributed by atoms with E-state index in [0.717, 1.165) is 12.8 Å². The molecule has 6 heteroatoms. The van der Waals surface area contributed by atoms with Crippen molar-refractivity contribution in [3.8, 4) is 11.5 Å². The number of likely N-dealkylation sites (tertiary alicyclic amines) is 1. The van der Waals surface area contributed by atoms with Gasteiger partial charge in [-0.25, -0.2) is 4.79 Å². The summed E-state index contributed by atoms with van der Waals surface area (Å²) in [5, 5.41) is 9.81. The number of carbonyl (C=O) groups excluding carboxylic acids is 2. The van der Waals surface area contributed by atoms with Crippen LogP contribution in [0.4, 0.5) is 0 Å². The van der Waals surface area contributed by atoms with Gasteiger partial charge in [-0.3, -0.25) is 4.79 Å². The number of para-hydroxylation sites is 1. The van der Waals surface area contributed by atoms with E-state index in [2.05, 4.69) is 0 Å². The van der Waals surface area contributed by atoms with E-state index in [-0.39, 0.29) is 29.6 Å². The van der Waals surface area contributed by atoms with Gasteiger partial charge < -0.3 is 19.5 Å². The van der Waals surface area contributed by atoms with Crippen LogP contribution in [0.25, 0.3) is 0 Å². The number of hydrogen-bond acceptors (Lipinski definition) is 5. The number of aromatic hydroxyl groups is 1. The highest BCUT2D eigenvalue weighted by molar-refractivity contribution is 5.94. The lowest BCUT2D eigenvalue weighted by Gasteiger charge is -2.15. The number of rotatable bonds is 4. The molecule has 20 heavy (non-hydrogen) atoms. The van der Waals surface area contributed by atoms with Crippen LogP contribution in [0.15, 0.2) is 18.2 Å². The molecule has 0 radical (unpaired) electrons. The van der Waals surface area contributed by atoms with Gasteiger partial charge in [0, 0.05) is 13.1 Å². The molecule has 1 amide bonds. The van der Waals surface area contributed by atoms with Crippen LogP contribution in [-0.2, 0) is 9.53 Å². The maximum atomic E-state index is 11.8. The Morgan fingerprint density at radius 1 is 1.30 bits per heavy atom. The average molecular weight is 279 g/mol. The van der Waals surface area contributed by atoms with Crippen molar-refractivity contribution in [1.82, 2.24) is 4.90 Å². The first-order valence-corrected chi connectivity index (χ1v) is 6.44. The SMILES string of the molecule is COc1cccc(C(=O)OCC(=O)N2CCCC2)c1O. The van der Waals surface area contributed by atoms with Crippen LogP contribution in [0.1, 0.15) is 23.2 Å². The molecule has 1 aromatic carbocycles. The maximum Gasteiger partial charge on any atom is 0.342 e. The van der Waals surface area contributed by atoms with Gasteiger partial charge in [0.25, 0.3) is 5.91 Å². The molecule has 1 aromatic rings. The molecule has 6 nitrogen and oxygen atoms in total. The molecule has 0 saturated carbocycles. The highest BCUT2D eigenvalue weighted by Crippen LogP contribution is 2.29. The number of methoxy groups -OCH3 is 1. The Labute approximate surface area is 116 Å². The summed E-state index contributed by atoms with van der Waals surface area (Å²) in [5.41, 5.74) is -0.0152. The number of nitrogens with zero attached hydrogens (tertiary/aromatic N) is 1. The van der Waals surface area contributed by atoms with Crippen molar-refractivity contribution in [2.45, 2.75) is 12.8 Å². The minimum absolute atomic E-state index is 0.0152. The minimum atomic E-state index is -0.742. The Kier molecular flexibility index (Phi) is 4.45. The lowest BCUT2D eigenvalue weighted by atomic mass is 10.2. The maximum absolute atomic E-state index is 11.8. The van der Waals surface area contributed by atoms with Gasteiger partial charge >= 0.3 is 5.97 Å². The number of phenols is 1. The van der Waals surface area contributed by atoms with E-state index in [1.807, 2.05) is 0 Å². The highest BCUT2D eigenvalue weighted by Gasteiger charge is 2.21. The standard InChI is InChI=1S/C14H17NO5/c1-19-11-6-4-5-10(13(11)17)14(18)20-9-12(16)15-7-2-3-8-15/h4-6,17H,2-3,7-9H2,1H3. The predicted molar refractivity (Wildman–Crippen MR) is 70.8 cm³/mol. The zero-order chi connectivity index (χ0) is 14.5. The molecule has 0 aromatic heterocycles. The molecule has 108 valence electrons. The molecule has 1 saturated heterocycles. The lowest BCUT2D eigenvalue weighted by molar-refractivity contribution is -0.133. The summed E-state index contributed by atoms with van der Waals surface area (Å²) in [5.74, 6) is -1.05. The summed E-state index contributed by atoms with van der Waals surface area (Å²) < 4.78 is 9.85. The Balaban J connectivity index is 1.96. The van der Waals surface area contributed by atoms with Crippen molar-refractivity contribution in [2.75, 3.05) is 26.8 Å². The minimum Gasteiger partial charge on any atom is -0.504 e. The topological polar surface area (TPSA) is 76.1 Å². The molecule has 1 aliphatic heterocycles. The largest absolute Gasteiger partial charge is 0.504 e. The van der Waals surface area contributed by atoms with Gasteiger partial charge in [0.1, 0.15) is 5.56 Å². The number of amides is 1. The van der Waals surface area contributed by atoms with Crippen molar-refractivity contribution < 1.29 is 24.2 Å². The monoisotopic (exact) mass is 279 g/mol. The molecular weight excluding hydrogens is 262 g/mol. The smallest absolute Gasteiger partial charge is 0.342 e. The Morgan fingerprint density at radius 2 is 2.00 bits per heavy atom. The van der Waals surface area contributed by atoms with Crippen molar-refractivity contribution in [2.24, 2.45) is 0 Å². The average Bonchev–Trinajstić information content (AvgIpc) is 2.99. The van der Waals surface area contributed by atoms with Crippen LogP contribution in [-0.4, -0.2) is 48.7 Å². The molecule has 2 rings (SSSR count). The Morgan fingerprint density at radius 3 is 2.65 bits per heavy atom. The fourth-order valence-electron chi connectivity index (χ4n) is 2.11. The number of phenolic OH excluding ortho intramolecular Hbond substituents is 1. The van der Waals surface area contributed by atoms with E-state index in [1.165, 1.54) is 19.2 Å². The van der Waals surface area contributed by atoms with E-state index in [1.54, 1.807) is 11.0 Å². The second-order valence-corrected chi connectivity index (χ2v) is 4.52. The quantitative estimate of drug-likeness (QED) is 0.838. The van der Waals surface area contributed by atoms with Gasteiger partial charge in [-0.2, -0.15) is 0 Å². The van der Waals surface area contributed by atoms with E-state index in [0.29, 0.717) is 13.1 Å². The molecule has 1 heterocycles. The zero-order valence-electron chi connectivity index (χ0n) is 11.3. The molecule has 0 aliphatic carbocycles. The summed E-state index contributed by atoms with van der Waals surface area (Å²) in [6.45, 7) is 1.11. The van der Waals surface area contributed by atoms with Crippen LogP contribution in [0, 0.1) is 0 Å². The summed E-state index contributed by atoms with van der Waals surface area (Å²) in [6, 6.07) is 4.51. The lowest BCUT2D eigenvalue weighted by Crippen LogP contribution is -2.32. The van der Waals surface area contributed by atoms with Crippen LogP contribution in [0.2, 0.25) is 0 Å². The van der Waals surface area contributed by atoms with E-state index < -0.39 is 5.97 Å². The first-order chi connectivity index (χ1) is 9.63. The van der Waals surface area contributed by atoms with E-state index in [9.17, 15) is 14.7 Å². The predicted octanol–water partition coefficient (Wildman–Crippen LogP) is 1.18. The van der Waals surface area contributed by atoms with E-state index in [4.69, 9.17) is 9.47 Å². The van der Waals surface area contributed by atoms with Gasteiger partial charge in [0.05, 0.1) is 7.11 Å². The Bertz CT molecular complexity index is 508. The zero-order valence-corrected chi connectivity index (χ0v) is 11.3. The molecule has 1 aliphatic rings. The number of hydrogen-bond donors (Lipinski definition) is 1. The molecule has 1 fully saturated rings.